The molecule has 0 spiro atoms. The van der Waals surface area contributed by atoms with E-state index in [1.165, 1.54) is 17.7 Å². The first-order valence-corrected chi connectivity index (χ1v) is 25.0. The first-order chi connectivity index (χ1) is 30.3. The number of nitrogens with one attached hydrogen (secondary N) is 3. The highest BCUT2D eigenvalue weighted by molar-refractivity contribution is 9.10. The third-order valence-corrected chi connectivity index (χ3v) is 14.5. The number of aryl methyl sites for hydroxylation is 1. The lowest BCUT2D eigenvalue weighted by atomic mass is 9.89. The minimum absolute atomic E-state index is 0.0634. The van der Waals surface area contributed by atoms with Gasteiger partial charge in [0.25, 0.3) is 0 Å². The van der Waals surface area contributed by atoms with E-state index >= 15 is 8.78 Å². The van der Waals surface area contributed by atoms with E-state index in [9.17, 15) is 14.2 Å². The molecule has 0 aliphatic carbocycles. The molecule has 2 amide bonds. The van der Waals surface area contributed by atoms with Crippen LogP contribution < -0.4 is 40.4 Å². The molecule has 336 valence electrons. The second kappa shape index (κ2) is 19.1. The molecule has 0 saturated carbocycles. The van der Waals surface area contributed by atoms with Crippen LogP contribution >= 0.6 is 23.1 Å². The fraction of sp³-hybridized carbons (Fsp3) is 0.467. The Morgan fingerprint density at radius 1 is 0.952 bits per heavy atom. The van der Waals surface area contributed by atoms with Crippen molar-refractivity contribution >= 4 is 69.0 Å². The van der Waals surface area contributed by atoms with Gasteiger partial charge in [0.1, 0.15) is 43.6 Å². The molecule has 3 N–H and O–H groups in total. The summed E-state index contributed by atoms with van der Waals surface area (Å²) in [6.45, 7) is 12.5. The number of hydrogen-bond donors (Lipinski definition) is 3. The summed E-state index contributed by atoms with van der Waals surface area (Å²) >= 11 is 3.58. The number of ether oxygens (including phenoxy) is 3. The Kier molecular flexibility index (Phi) is 13.6. The SMILES string of the molecule is CCc1cc(Nc2ncc(Br)c(Nc3ccc4c(c3P(C)(C)=O)OCCO4)n2)c(OC)cc1N1CCC(N2CCN(CCc3cc(F)c(C4CCC(=O)NC4=O)c(F)c3)CC2)CC1. The van der Waals surface area contributed by atoms with Gasteiger partial charge < -0.3 is 39.2 Å². The van der Waals surface area contributed by atoms with Crippen LogP contribution in [0.3, 0.4) is 0 Å². The Morgan fingerprint density at radius 2 is 1.68 bits per heavy atom. The van der Waals surface area contributed by atoms with Crippen LogP contribution in [0.4, 0.5) is 37.6 Å². The van der Waals surface area contributed by atoms with Gasteiger partial charge in [-0.25, -0.2) is 13.8 Å². The Hall–Kier alpha value is -4.83. The highest BCUT2D eigenvalue weighted by atomic mass is 79.9. The molecule has 4 aromatic rings. The second-order valence-corrected chi connectivity index (χ2v) is 20.8. The summed E-state index contributed by atoms with van der Waals surface area (Å²) in [5.74, 6) is -0.958. The van der Waals surface area contributed by atoms with Crippen molar-refractivity contribution in [2.75, 3.05) is 95.0 Å². The zero-order chi connectivity index (χ0) is 44.4. The van der Waals surface area contributed by atoms with Crippen LogP contribution in [-0.2, 0) is 27.0 Å². The quantitative estimate of drug-likeness (QED) is 0.0939. The number of imide groups is 1. The molecular weight excluding hydrogens is 897 g/mol. The third-order valence-electron chi connectivity index (χ3n) is 12.4. The topological polar surface area (TPSA) is 150 Å². The molecule has 4 aliphatic rings. The van der Waals surface area contributed by atoms with Crippen LogP contribution in [-0.4, -0.2) is 117 Å². The van der Waals surface area contributed by atoms with Crippen LogP contribution in [0.15, 0.2) is 47.1 Å². The van der Waals surface area contributed by atoms with E-state index in [-0.39, 0.29) is 18.4 Å². The number of piperidine rings is 2. The predicted octanol–water partition coefficient (Wildman–Crippen LogP) is 6.94. The number of piperazine rings is 1. The highest BCUT2D eigenvalue weighted by Crippen LogP contribution is 2.47. The molecular formula is C45H54BrF2N8O6P. The number of benzene rings is 3. The number of carbonyl (C=O) groups excluding carboxylic acids is 2. The number of fused-ring (bicyclic) bond motifs is 1. The maximum absolute atomic E-state index is 15.1. The van der Waals surface area contributed by atoms with Crippen molar-refractivity contribution in [3.05, 3.63) is 75.4 Å². The molecule has 18 heteroatoms. The lowest BCUT2D eigenvalue weighted by Gasteiger charge is -2.43. The van der Waals surface area contributed by atoms with Gasteiger partial charge in [0.05, 0.1) is 34.2 Å². The third kappa shape index (κ3) is 9.96. The van der Waals surface area contributed by atoms with E-state index in [2.05, 4.69) is 70.6 Å². The Balaban J connectivity index is 0.864. The van der Waals surface area contributed by atoms with Crippen LogP contribution in [0.2, 0.25) is 0 Å². The van der Waals surface area contributed by atoms with Gasteiger partial charge in [-0.1, -0.05) is 6.92 Å². The second-order valence-electron chi connectivity index (χ2n) is 16.8. The number of methoxy groups -OCH3 is 1. The van der Waals surface area contributed by atoms with E-state index in [0.717, 1.165) is 69.9 Å². The fourth-order valence-electron chi connectivity index (χ4n) is 9.15. The molecule has 14 nitrogen and oxygen atoms in total. The van der Waals surface area contributed by atoms with E-state index in [1.54, 1.807) is 26.6 Å². The average Bonchev–Trinajstić information content (AvgIpc) is 3.27. The molecule has 1 atom stereocenters. The number of rotatable bonds is 13. The first kappa shape index (κ1) is 44.8. The maximum Gasteiger partial charge on any atom is 0.234 e. The van der Waals surface area contributed by atoms with Gasteiger partial charge in [-0.15, -0.1) is 0 Å². The van der Waals surface area contributed by atoms with Gasteiger partial charge in [-0.05, 0) is 103 Å². The lowest BCUT2D eigenvalue weighted by molar-refractivity contribution is -0.134. The molecule has 8 rings (SSSR count). The van der Waals surface area contributed by atoms with Gasteiger partial charge in [0, 0.05) is 81.8 Å². The van der Waals surface area contributed by atoms with E-state index in [1.807, 2.05) is 12.1 Å². The number of hydrogen-bond acceptors (Lipinski definition) is 13. The van der Waals surface area contributed by atoms with Crippen molar-refractivity contribution in [3.63, 3.8) is 0 Å². The number of halogens is 3. The van der Waals surface area contributed by atoms with Gasteiger partial charge in [0.15, 0.2) is 11.5 Å². The van der Waals surface area contributed by atoms with E-state index in [4.69, 9.17) is 19.2 Å². The zero-order valence-electron chi connectivity index (χ0n) is 36.1. The summed E-state index contributed by atoms with van der Waals surface area (Å²) in [7, 11) is -1.15. The van der Waals surface area contributed by atoms with Gasteiger partial charge in [-0.3, -0.25) is 19.8 Å². The van der Waals surface area contributed by atoms with Crippen molar-refractivity contribution < 1.29 is 37.1 Å². The minimum atomic E-state index is -2.80. The number of aromatic nitrogens is 2. The molecule has 1 aromatic heterocycles. The largest absolute Gasteiger partial charge is 0.494 e. The summed E-state index contributed by atoms with van der Waals surface area (Å²) in [5, 5.41) is 9.49. The summed E-state index contributed by atoms with van der Waals surface area (Å²) in [5.41, 5.74) is 3.98. The molecule has 4 aliphatic heterocycles. The summed E-state index contributed by atoms with van der Waals surface area (Å²) in [4.78, 5) is 40.5. The van der Waals surface area contributed by atoms with Crippen molar-refractivity contribution in [2.45, 2.75) is 57.4 Å². The fourth-order valence-corrected chi connectivity index (χ4v) is 10.8. The first-order valence-electron chi connectivity index (χ1n) is 21.6. The van der Waals surface area contributed by atoms with Gasteiger partial charge in [-0.2, -0.15) is 4.98 Å². The van der Waals surface area contributed by atoms with E-state index < -0.39 is 36.5 Å². The van der Waals surface area contributed by atoms with Crippen molar-refractivity contribution in [1.29, 1.82) is 0 Å². The van der Waals surface area contributed by atoms with Crippen LogP contribution in [0, 0.1) is 11.6 Å². The number of amides is 2. The Bertz CT molecular complexity index is 2400. The Morgan fingerprint density at radius 3 is 2.37 bits per heavy atom. The Labute approximate surface area is 374 Å². The minimum Gasteiger partial charge on any atom is -0.494 e. The molecule has 3 saturated heterocycles. The van der Waals surface area contributed by atoms with Crippen molar-refractivity contribution in [3.8, 4) is 17.2 Å². The number of nitrogens with zero attached hydrogens (tertiary/aromatic N) is 5. The normalized spacial score (nSPS) is 18.9. The summed E-state index contributed by atoms with van der Waals surface area (Å²) in [6, 6.07) is 11.0. The molecule has 5 heterocycles. The van der Waals surface area contributed by atoms with Crippen molar-refractivity contribution in [1.82, 2.24) is 25.1 Å². The van der Waals surface area contributed by atoms with Crippen LogP contribution in [0.1, 0.15) is 55.2 Å². The summed E-state index contributed by atoms with van der Waals surface area (Å²) in [6.07, 6.45) is 5.20. The molecule has 1 unspecified atom stereocenters. The highest BCUT2D eigenvalue weighted by Gasteiger charge is 2.34. The summed E-state index contributed by atoms with van der Waals surface area (Å²) < 4.78 is 61.9. The van der Waals surface area contributed by atoms with Crippen molar-refractivity contribution in [2.24, 2.45) is 0 Å². The van der Waals surface area contributed by atoms with Gasteiger partial charge in [0.2, 0.25) is 17.8 Å². The molecule has 0 radical (unpaired) electrons. The predicted molar refractivity (Wildman–Crippen MR) is 244 cm³/mol. The molecule has 3 fully saturated rings. The number of anilines is 5. The molecule has 63 heavy (non-hydrogen) atoms. The van der Waals surface area contributed by atoms with Crippen LogP contribution in [0.5, 0.6) is 17.2 Å². The number of carbonyl (C=O) groups is 2. The molecule has 3 aromatic carbocycles. The smallest absolute Gasteiger partial charge is 0.234 e. The van der Waals surface area contributed by atoms with E-state index in [0.29, 0.717) is 82.3 Å². The zero-order valence-corrected chi connectivity index (χ0v) is 38.5. The monoisotopic (exact) mass is 950 g/mol. The average molecular weight is 952 g/mol. The van der Waals surface area contributed by atoms with Gasteiger partial charge >= 0.3 is 0 Å². The maximum atomic E-state index is 15.1. The van der Waals surface area contributed by atoms with Crippen LogP contribution in [0.25, 0.3) is 0 Å². The standard InChI is InChI=1S/C45H54BrF2N8O6P/c1-5-28-24-35(51-45-49-26-31(46)43(53-45)50-34-7-8-37-41(62-21-20-61-37)42(34)63(3,4)59)38(60-2)25-36(28)56-14-11-29(12-15-56)55-18-16-54(17-19-55)13-10-27-22-32(47)40(33(48)23-27)30-6-9-39(57)52-44(30)58/h7-8,22-26,29-30H,5-6,9-21H2,1-4H3,(H,52,57,58)(H2,49,50,51,53). The molecule has 0 bridgehead atoms. The lowest BCUT2D eigenvalue weighted by Crippen LogP contribution is -2.53.